The number of halogens is 1. The van der Waals surface area contributed by atoms with E-state index in [-0.39, 0.29) is 21.4 Å². The molecule has 0 atom stereocenters. The number of thioether (sulfide) groups is 1. The van der Waals surface area contributed by atoms with Crippen molar-refractivity contribution in [3.63, 3.8) is 0 Å². The summed E-state index contributed by atoms with van der Waals surface area (Å²) in [7, 11) is -0.751. The topological polar surface area (TPSA) is 95.6 Å². The van der Waals surface area contributed by atoms with Crippen LogP contribution in [0.3, 0.4) is 0 Å². The zero-order chi connectivity index (χ0) is 24.2. The summed E-state index contributed by atoms with van der Waals surface area (Å²) in [5, 5.41) is 2.56. The highest BCUT2D eigenvalue weighted by Gasteiger charge is 2.20. The normalized spacial score (nSPS) is 11.0. The van der Waals surface area contributed by atoms with Gasteiger partial charge in [-0.1, -0.05) is 18.2 Å². The molecule has 0 unspecified atom stereocenters. The van der Waals surface area contributed by atoms with E-state index in [2.05, 4.69) is 10.0 Å². The summed E-state index contributed by atoms with van der Waals surface area (Å²) in [6.07, 6.45) is 0. The molecule has 3 rings (SSSR count). The smallest absolute Gasteiger partial charge is 0.286 e. The van der Waals surface area contributed by atoms with Gasteiger partial charge >= 0.3 is 0 Å². The lowest BCUT2D eigenvalue weighted by Gasteiger charge is -2.14. The van der Waals surface area contributed by atoms with Crippen LogP contribution in [0.2, 0.25) is 0 Å². The maximum absolute atomic E-state index is 13.1. The van der Waals surface area contributed by atoms with Crippen LogP contribution in [0.25, 0.3) is 0 Å². The molecule has 2 N–H and O–H groups in total. The second kappa shape index (κ2) is 10.1. The van der Waals surface area contributed by atoms with E-state index in [1.165, 1.54) is 35.2 Å². The Balaban J connectivity index is 1.86. The predicted octanol–water partition coefficient (Wildman–Crippen LogP) is 4.96. The number of carbonyl (C=O) groups excluding carboxylic acids is 2. The van der Waals surface area contributed by atoms with Crippen LogP contribution in [0.15, 0.2) is 76.5 Å². The second-order valence-electron chi connectivity index (χ2n) is 7.30. The number of carbonyl (C=O) groups is 2. The van der Waals surface area contributed by atoms with Crippen molar-refractivity contribution >= 4 is 44.3 Å². The first-order valence-electron chi connectivity index (χ1n) is 9.75. The van der Waals surface area contributed by atoms with Crippen molar-refractivity contribution in [3.05, 3.63) is 83.7 Å². The van der Waals surface area contributed by atoms with E-state index < -0.39 is 21.7 Å². The van der Waals surface area contributed by atoms with E-state index in [1.807, 2.05) is 0 Å². The summed E-state index contributed by atoms with van der Waals surface area (Å²) in [5.74, 6) is -1.00. The Morgan fingerprint density at radius 1 is 0.970 bits per heavy atom. The molecule has 0 saturated heterocycles. The van der Waals surface area contributed by atoms with Crippen molar-refractivity contribution in [2.45, 2.75) is 16.7 Å². The molecule has 0 saturated carbocycles. The summed E-state index contributed by atoms with van der Waals surface area (Å²) in [4.78, 5) is 27.0. The van der Waals surface area contributed by atoms with Gasteiger partial charge < -0.3 is 10.2 Å². The number of benzene rings is 3. The van der Waals surface area contributed by atoms with Gasteiger partial charge in [0.15, 0.2) is 0 Å². The molecule has 0 aliphatic rings. The Hall–Kier alpha value is -3.37. The van der Waals surface area contributed by atoms with Gasteiger partial charge in [0.25, 0.3) is 21.2 Å². The molecule has 0 spiro atoms. The van der Waals surface area contributed by atoms with E-state index in [1.54, 1.807) is 45.3 Å². The van der Waals surface area contributed by atoms with Crippen molar-refractivity contribution in [2.24, 2.45) is 0 Å². The van der Waals surface area contributed by atoms with Gasteiger partial charge in [0.2, 0.25) is 0 Å². The summed E-state index contributed by atoms with van der Waals surface area (Å²) in [5.41, 5.74) is 1.36. The number of amides is 2. The van der Waals surface area contributed by atoms with Gasteiger partial charge in [0, 0.05) is 30.2 Å². The minimum Gasteiger partial charge on any atom is -0.339 e. The molecule has 3 aromatic carbocycles. The largest absolute Gasteiger partial charge is 0.339 e. The Kier molecular flexibility index (Phi) is 7.39. The summed E-state index contributed by atoms with van der Waals surface area (Å²) in [6, 6.07) is 15.9. The van der Waals surface area contributed by atoms with E-state index in [4.69, 9.17) is 0 Å². The number of rotatable bonds is 6. The molecule has 7 nitrogen and oxygen atoms in total. The molecular formula is C23H22FN3O4S2. The molecule has 0 radical (unpaired) electrons. The first-order chi connectivity index (χ1) is 15.6. The monoisotopic (exact) mass is 487 g/mol. The number of anilines is 2. The van der Waals surface area contributed by atoms with Gasteiger partial charge in [-0.05, 0) is 72.8 Å². The molecule has 2 amide bonds. The van der Waals surface area contributed by atoms with E-state index in [0.717, 1.165) is 23.9 Å². The van der Waals surface area contributed by atoms with Crippen LogP contribution in [0.4, 0.5) is 20.6 Å². The highest BCUT2D eigenvalue weighted by Crippen LogP contribution is 2.29. The fourth-order valence-electron chi connectivity index (χ4n) is 2.78. The Morgan fingerprint density at radius 3 is 2.30 bits per heavy atom. The third kappa shape index (κ3) is 6.11. The van der Waals surface area contributed by atoms with Crippen molar-refractivity contribution in [1.82, 2.24) is 4.90 Å². The first-order valence-corrected chi connectivity index (χ1v) is 12.1. The molecule has 0 fully saturated rings. The molecule has 0 heterocycles. The molecule has 0 aromatic heterocycles. The SMILES string of the molecule is Cc1ccc(S(=O)(=O)Nc2ccc(F)cc2)cc1C(=O)Nc1ccccc1SC(=O)N(C)C. The molecule has 33 heavy (non-hydrogen) atoms. The minimum absolute atomic E-state index is 0.118. The van der Waals surface area contributed by atoms with Crippen LogP contribution in [-0.4, -0.2) is 38.6 Å². The third-order valence-corrected chi connectivity index (χ3v) is 7.05. The molecule has 3 aromatic rings. The Labute approximate surface area is 196 Å². The number of para-hydroxylation sites is 1. The van der Waals surface area contributed by atoms with Gasteiger partial charge in [-0.3, -0.25) is 14.3 Å². The van der Waals surface area contributed by atoms with Crippen molar-refractivity contribution in [3.8, 4) is 0 Å². The van der Waals surface area contributed by atoms with Crippen LogP contribution < -0.4 is 10.0 Å². The summed E-state index contributed by atoms with van der Waals surface area (Å²) >= 11 is 0.969. The standard InChI is InChI=1S/C23H22FN3O4S2/c1-15-8-13-18(33(30,31)26-17-11-9-16(24)10-12-17)14-19(15)22(28)25-20-6-4-5-7-21(20)32-23(29)27(2)3/h4-14,26H,1-3H3,(H,25,28). The number of hydrogen-bond donors (Lipinski definition) is 2. The zero-order valence-electron chi connectivity index (χ0n) is 18.1. The molecule has 0 aliphatic heterocycles. The molecule has 172 valence electrons. The van der Waals surface area contributed by atoms with E-state index in [9.17, 15) is 22.4 Å². The van der Waals surface area contributed by atoms with E-state index >= 15 is 0 Å². The maximum atomic E-state index is 13.1. The Bertz CT molecular complexity index is 1290. The van der Waals surface area contributed by atoms with Gasteiger partial charge in [0.1, 0.15) is 5.82 Å². The fourth-order valence-corrected chi connectivity index (χ4v) is 4.61. The number of aryl methyl sites for hydroxylation is 1. The quantitative estimate of drug-likeness (QED) is 0.479. The molecule has 0 bridgehead atoms. The van der Waals surface area contributed by atoms with Crippen LogP contribution in [-0.2, 0) is 10.0 Å². The fraction of sp³-hybridized carbons (Fsp3) is 0.130. The molecule has 10 heteroatoms. The predicted molar refractivity (Wildman–Crippen MR) is 128 cm³/mol. The minimum atomic E-state index is -4.01. The first kappa shape index (κ1) is 24.3. The average molecular weight is 488 g/mol. The number of nitrogens with zero attached hydrogens (tertiary/aromatic N) is 1. The summed E-state index contributed by atoms with van der Waals surface area (Å²) < 4.78 is 41.0. The van der Waals surface area contributed by atoms with Gasteiger partial charge in [0.05, 0.1) is 10.6 Å². The third-order valence-electron chi connectivity index (χ3n) is 4.56. The maximum Gasteiger partial charge on any atom is 0.286 e. The zero-order valence-corrected chi connectivity index (χ0v) is 19.8. The average Bonchev–Trinajstić information content (AvgIpc) is 2.76. The number of nitrogens with one attached hydrogen (secondary N) is 2. The number of sulfonamides is 1. The van der Waals surface area contributed by atoms with Crippen LogP contribution in [0.5, 0.6) is 0 Å². The van der Waals surface area contributed by atoms with Gasteiger partial charge in [-0.25, -0.2) is 12.8 Å². The lowest BCUT2D eigenvalue weighted by molar-refractivity contribution is 0.102. The van der Waals surface area contributed by atoms with Crippen molar-refractivity contribution in [1.29, 1.82) is 0 Å². The highest BCUT2D eigenvalue weighted by atomic mass is 32.2. The van der Waals surface area contributed by atoms with Gasteiger partial charge in [-0.15, -0.1) is 0 Å². The highest BCUT2D eigenvalue weighted by molar-refractivity contribution is 8.13. The summed E-state index contributed by atoms with van der Waals surface area (Å²) in [6.45, 7) is 1.69. The van der Waals surface area contributed by atoms with Crippen molar-refractivity contribution < 1.29 is 22.4 Å². The van der Waals surface area contributed by atoms with Crippen LogP contribution in [0.1, 0.15) is 15.9 Å². The molecular weight excluding hydrogens is 465 g/mol. The van der Waals surface area contributed by atoms with E-state index in [0.29, 0.717) is 16.1 Å². The lowest BCUT2D eigenvalue weighted by atomic mass is 10.1. The van der Waals surface area contributed by atoms with Gasteiger partial charge in [-0.2, -0.15) is 0 Å². The lowest BCUT2D eigenvalue weighted by Crippen LogP contribution is -2.18. The van der Waals surface area contributed by atoms with Crippen LogP contribution in [0, 0.1) is 12.7 Å². The molecule has 0 aliphatic carbocycles. The van der Waals surface area contributed by atoms with Crippen LogP contribution >= 0.6 is 11.8 Å². The number of hydrogen-bond acceptors (Lipinski definition) is 5. The second-order valence-corrected chi connectivity index (χ2v) is 9.98. The Morgan fingerprint density at radius 2 is 1.64 bits per heavy atom. The van der Waals surface area contributed by atoms with Crippen molar-refractivity contribution in [2.75, 3.05) is 24.1 Å².